The molecule has 2 aromatic rings. The van der Waals surface area contributed by atoms with Crippen LogP contribution in [0.4, 0.5) is 0 Å². The number of benzene rings is 2. The Morgan fingerprint density at radius 3 is 2.43 bits per heavy atom. The Kier molecular flexibility index (Phi) is 2.85. The Bertz CT molecular complexity index is 767. The highest BCUT2D eigenvalue weighted by atomic mass is 14.3. The van der Waals surface area contributed by atoms with Crippen LogP contribution in [0.15, 0.2) is 54.1 Å². The van der Waals surface area contributed by atoms with Crippen molar-refractivity contribution >= 4 is 11.1 Å². The number of hydrogen-bond donors (Lipinski definition) is 0. The van der Waals surface area contributed by atoms with Crippen molar-refractivity contribution in [2.75, 3.05) is 0 Å². The summed E-state index contributed by atoms with van der Waals surface area (Å²) in [6.45, 7) is 4.38. The Labute approximate surface area is 126 Å². The fourth-order valence-corrected chi connectivity index (χ4v) is 3.78. The van der Waals surface area contributed by atoms with Crippen LogP contribution >= 0.6 is 0 Å². The lowest BCUT2D eigenvalue weighted by Crippen LogP contribution is -2.01. The summed E-state index contributed by atoms with van der Waals surface area (Å²) >= 11 is 0. The molecule has 0 atom stereocenters. The van der Waals surface area contributed by atoms with Crippen molar-refractivity contribution in [2.24, 2.45) is 0 Å². The van der Waals surface area contributed by atoms with E-state index in [-0.39, 0.29) is 0 Å². The number of allylic oxidation sites excluding steroid dienone is 4. The van der Waals surface area contributed by atoms with Crippen molar-refractivity contribution in [1.82, 2.24) is 0 Å². The van der Waals surface area contributed by atoms with Crippen LogP contribution in [0.2, 0.25) is 0 Å². The van der Waals surface area contributed by atoms with Gasteiger partial charge in [-0.05, 0) is 60.9 Å². The van der Waals surface area contributed by atoms with Gasteiger partial charge in [0.15, 0.2) is 0 Å². The SMILES string of the molecule is Cc1cc(C)cc(C2=CC3=C(CCc4ccccc43)C2)c1. The maximum atomic E-state index is 2.43. The van der Waals surface area contributed by atoms with Crippen LogP contribution in [0, 0.1) is 13.8 Å². The Morgan fingerprint density at radius 2 is 1.62 bits per heavy atom. The molecular formula is C21H20. The first-order valence-electron chi connectivity index (χ1n) is 7.80. The summed E-state index contributed by atoms with van der Waals surface area (Å²) in [5.74, 6) is 0. The molecule has 0 fully saturated rings. The molecule has 0 amide bonds. The normalized spacial score (nSPS) is 16.6. The summed E-state index contributed by atoms with van der Waals surface area (Å²) in [7, 11) is 0. The molecule has 2 aliphatic carbocycles. The minimum Gasteiger partial charge on any atom is -0.0620 e. The molecule has 0 heteroatoms. The van der Waals surface area contributed by atoms with E-state index in [1.54, 1.807) is 5.57 Å². The molecule has 0 saturated carbocycles. The molecule has 0 unspecified atom stereocenters. The molecular weight excluding hydrogens is 252 g/mol. The topological polar surface area (TPSA) is 0 Å². The van der Waals surface area contributed by atoms with Crippen LogP contribution in [0.3, 0.4) is 0 Å². The molecule has 0 radical (unpaired) electrons. The first-order valence-corrected chi connectivity index (χ1v) is 7.80. The third kappa shape index (κ3) is 2.15. The Hall–Kier alpha value is -2.08. The van der Waals surface area contributed by atoms with Gasteiger partial charge in [0.05, 0.1) is 0 Å². The zero-order chi connectivity index (χ0) is 14.4. The van der Waals surface area contributed by atoms with Gasteiger partial charge in [-0.3, -0.25) is 0 Å². The van der Waals surface area contributed by atoms with Crippen molar-refractivity contribution in [3.8, 4) is 0 Å². The Morgan fingerprint density at radius 1 is 0.857 bits per heavy atom. The van der Waals surface area contributed by atoms with E-state index in [9.17, 15) is 0 Å². The first-order chi connectivity index (χ1) is 10.2. The van der Waals surface area contributed by atoms with E-state index in [2.05, 4.69) is 62.4 Å². The monoisotopic (exact) mass is 272 g/mol. The van der Waals surface area contributed by atoms with Gasteiger partial charge >= 0.3 is 0 Å². The second-order valence-electron chi connectivity index (χ2n) is 6.40. The van der Waals surface area contributed by atoms with E-state index < -0.39 is 0 Å². The Balaban J connectivity index is 1.77. The largest absolute Gasteiger partial charge is 0.0620 e. The lowest BCUT2D eigenvalue weighted by atomic mass is 9.87. The zero-order valence-corrected chi connectivity index (χ0v) is 12.7. The van der Waals surface area contributed by atoms with E-state index in [1.807, 2.05) is 0 Å². The average Bonchev–Trinajstić information content (AvgIpc) is 2.91. The average molecular weight is 272 g/mol. The predicted molar refractivity (Wildman–Crippen MR) is 90.2 cm³/mol. The van der Waals surface area contributed by atoms with Crippen molar-refractivity contribution in [3.05, 3.63) is 81.9 Å². The lowest BCUT2D eigenvalue weighted by molar-refractivity contribution is 0.904. The predicted octanol–water partition coefficient (Wildman–Crippen LogP) is 5.49. The summed E-state index contributed by atoms with van der Waals surface area (Å²) < 4.78 is 0. The quantitative estimate of drug-likeness (QED) is 0.644. The molecule has 0 bridgehead atoms. The highest BCUT2D eigenvalue weighted by Crippen LogP contribution is 2.43. The third-order valence-electron chi connectivity index (χ3n) is 4.70. The highest BCUT2D eigenvalue weighted by molar-refractivity contribution is 5.93. The fourth-order valence-electron chi connectivity index (χ4n) is 3.78. The molecule has 2 aromatic carbocycles. The number of fused-ring (bicyclic) bond motifs is 2. The third-order valence-corrected chi connectivity index (χ3v) is 4.70. The van der Waals surface area contributed by atoms with Crippen LogP contribution in [0.25, 0.3) is 11.1 Å². The maximum Gasteiger partial charge on any atom is -0.00516 e. The van der Waals surface area contributed by atoms with E-state index in [0.29, 0.717) is 0 Å². The van der Waals surface area contributed by atoms with Gasteiger partial charge in [0.25, 0.3) is 0 Å². The molecule has 0 N–H and O–H groups in total. The summed E-state index contributed by atoms with van der Waals surface area (Å²) in [6.07, 6.45) is 5.98. The summed E-state index contributed by atoms with van der Waals surface area (Å²) in [6, 6.07) is 15.8. The minimum absolute atomic E-state index is 1.13. The molecule has 21 heavy (non-hydrogen) atoms. The molecule has 104 valence electrons. The second kappa shape index (κ2) is 4.73. The van der Waals surface area contributed by atoms with Crippen molar-refractivity contribution in [3.63, 3.8) is 0 Å². The highest BCUT2D eigenvalue weighted by Gasteiger charge is 2.23. The van der Waals surface area contributed by atoms with Crippen LogP contribution in [-0.4, -0.2) is 0 Å². The molecule has 0 saturated heterocycles. The fraction of sp³-hybridized carbons (Fsp3) is 0.238. The molecule has 0 nitrogen and oxygen atoms in total. The van der Waals surface area contributed by atoms with Gasteiger partial charge in [0, 0.05) is 0 Å². The van der Waals surface area contributed by atoms with E-state index in [1.165, 1.54) is 51.8 Å². The van der Waals surface area contributed by atoms with Gasteiger partial charge in [0.2, 0.25) is 0 Å². The van der Waals surface area contributed by atoms with Crippen LogP contribution in [0.5, 0.6) is 0 Å². The first kappa shape index (κ1) is 12.6. The van der Waals surface area contributed by atoms with Crippen LogP contribution < -0.4 is 0 Å². The van der Waals surface area contributed by atoms with Gasteiger partial charge in [-0.2, -0.15) is 0 Å². The van der Waals surface area contributed by atoms with Crippen molar-refractivity contribution in [1.29, 1.82) is 0 Å². The van der Waals surface area contributed by atoms with E-state index >= 15 is 0 Å². The molecule has 0 spiro atoms. The van der Waals surface area contributed by atoms with Crippen molar-refractivity contribution in [2.45, 2.75) is 33.1 Å². The van der Waals surface area contributed by atoms with Gasteiger partial charge in [-0.1, -0.05) is 65.2 Å². The number of hydrogen-bond acceptors (Lipinski definition) is 0. The molecule has 2 aliphatic rings. The minimum atomic E-state index is 1.13. The summed E-state index contributed by atoms with van der Waals surface area (Å²) in [5, 5.41) is 0. The van der Waals surface area contributed by atoms with Gasteiger partial charge in [-0.15, -0.1) is 0 Å². The second-order valence-corrected chi connectivity index (χ2v) is 6.40. The van der Waals surface area contributed by atoms with Crippen LogP contribution in [0.1, 0.15) is 40.7 Å². The van der Waals surface area contributed by atoms with Crippen LogP contribution in [-0.2, 0) is 6.42 Å². The number of rotatable bonds is 1. The molecule has 0 heterocycles. The maximum absolute atomic E-state index is 2.43. The van der Waals surface area contributed by atoms with E-state index in [4.69, 9.17) is 0 Å². The van der Waals surface area contributed by atoms with Gasteiger partial charge in [-0.25, -0.2) is 0 Å². The summed E-state index contributed by atoms with van der Waals surface area (Å²) in [5.41, 5.74) is 11.7. The molecule has 4 rings (SSSR count). The van der Waals surface area contributed by atoms with Gasteiger partial charge < -0.3 is 0 Å². The van der Waals surface area contributed by atoms with E-state index in [0.717, 1.165) is 6.42 Å². The van der Waals surface area contributed by atoms with Crippen molar-refractivity contribution < 1.29 is 0 Å². The standard InChI is InChI=1S/C21H20/c1-14-9-15(2)11-18(10-14)19-12-17-8-7-16-5-3-4-6-20(16)21(17)13-19/h3-6,9-11,13H,7-8,12H2,1-2H3. The summed E-state index contributed by atoms with van der Waals surface area (Å²) in [4.78, 5) is 0. The number of aryl methyl sites for hydroxylation is 3. The lowest BCUT2D eigenvalue weighted by Gasteiger charge is -2.17. The molecule has 0 aromatic heterocycles. The zero-order valence-electron chi connectivity index (χ0n) is 12.7. The van der Waals surface area contributed by atoms with Gasteiger partial charge in [0.1, 0.15) is 0 Å². The molecule has 0 aliphatic heterocycles. The smallest absolute Gasteiger partial charge is 0.00516 e.